The minimum absolute atomic E-state index is 0.206. The molecule has 0 aliphatic carbocycles. The first kappa shape index (κ1) is 13.6. The van der Waals surface area contributed by atoms with Gasteiger partial charge in [-0.25, -0.2) is 4.39 Å². The van der Waals surface area contributed by atoms with Gasteiger partial charge in [0.25, 0.3) is 0 Å². The minimum atomic E-state index is -0.605. The molecule has 0 atom stereocenters. The summed E-state index contributed by atoms with van der Waals surface area (Å²) in [5, 5.41) is 3.17. The van der Waals surface area contributed by atoms with Crippen LogP contribution < -0.4 is 11.1 Å². The molecule has 3 N–H and O–H groups in total. The van der Waals surface area contributed by atoms with Crippen molar-refractivity contribution in [2.75, 3.05) is 6.54 Å². The Morgan fingerprint density at radius 3 is 2.76 bits per heavy atom. The summed E-state index contributed by atoms with van der Waals surface area (Å²) in [6.07, 6.45) is 3.44. The summed E-state index contributed by atoms with van der Waals surface area (Å²) in [5.74, 6) is -0.990. The van der Waals surface area contributed by atoms with Crippen LogP contribution in [0.2, 0.25) is 0 Å². The van der Waals surface area contributed by atoms with E-state index >= 15 is 0 Å². The zero-order valence-corrected chi connectivity index (χ0v) is 10.1. The molecule has 0 aliphatic heterocycles. The Morgan fingerprint density at radius 1 is 1.41 bits per heavy atom. The molecule has 1 rings (SSSR count). The fraction of sp³-hybridized carbons (Fsp3) is 0.462. The summed E-state index contributed by atoms with van der Waals surface area (Å²) in [6, 6.07) is 4.34. The maximum Gasteiger partial charge on any atom is 0.248 e. The van der Waals surface area contributed by atoms with Crippen molar-refractivity contribution in [1.82, 2.24) is 5.32 Å². The second-order valence-corrected chi connectivity index (χ2v) is 4.05. The summed E-state index contributed by atoms with van der Waals surface area (Å²) in [6.45, 7) is 3.50. The lowest BCUT2D eigenvalue weighted by Gasteiger charge is -2.06. The zero-order chi connectivity index (χ0) is 12.7. The van der Waals surface area contributed by atoms with Gasteiger partial charge in [0.1, 0.15) is 5.82 Å². The van der Waals surface area contributed by atoms with Crippen molar-refractivity contribution in [3.8, 4) is 0 Å². The molecule has 0 heterocycles. The van der Waals surface area contributed by atoms with E-state index < -0.39 is 5.91 Å². The van der Waals surface area contributed by atoms with Crippen molar-refractivity contribution in [2.24, 2.45) is 5.73 Å². The van der Waals surface area contributed by atoms with Crippen LogP contribution in [-0.4, -0.2) is 12.5 Å². The van der Waals surface area contributed by atoms with E-state index in [2.05, 4.69) is 12.2 Å². The number of hydrogen-bond acceptors (Lipinski definition) is 2. The Labute approximate surface area is 101 Å². The van der Waals surface area contributed by atoms with Gasteiger partial charge >= 0.3 is 0 Å². The fourth-order valence-corrected chi connectivity index (χ4v) is 1.57. The van der Waals surface area contributed by atoms with Crippen LogP contribution >= 0.6 is 0 Å². The quantitative estimate of drug-likeness (QED) is 0.715. The van der Waals surface area contributed by atoms with Gasteiger partial charge in [0, 0.05) is 17.7 Å². The molecule has 0 spiro atoms. The summed E-state index contributed by atoms with van der Waals surface area (Å²) in [4.78, 5) is 10.8. The number of halogens is 1. The van der Waals surface area contributed by atoms with E-state index in [1.54, 1.807) is 12.1 Å². The molecule has 1 aromatic carbocycles. The van der Waals surface area contributed by atoms with E-state index in [-0.39, 0.29) is 11.4 Å². The van der Waals surface area contributed by atoms with Gasteiger partial charge < -0.3 is 11.1 Å². The molecule has 17 heavy (non-hydrogen) atoms. The fourth-order valence-electron chi connectivity index (χ4n) is 1.57. The predicted molar refractivity (Wildman–Crippen MR) is 66.1 cm³/mol. The largest absolute Gasteiger partial charge is 0.366 e. The van der Waals surface area contributed by atoms with Crippen LogP contribution in [0.4, 0.5) is 4.39 Å². The molecule has 0 bridgehead atoms. The maximum absolute atomic E-state index is 13.5. The summed E-state index contributed by atoms with van der Waals surface area (Å²) < 4.78 is 13.5. The molecule has 1 amide bonds. The topological polar surface area (TPSA) is 55.1 Å². The van der Waals surface area contributed by atoms with Crippen molar-refractivity contribution >= 4 is 5.91 Å². The first-order valence-corrected chi connectivity index (χ1v) is 5.94. The third-order valence-corrected chi connectivity index (χ3v) is 2.61. The molecule has 94 valence electrons. The molecule has 0 radical (unpaired) electrons. The third kappa shape index (κ3) is 4.53. The van der Waals surface area contributed by atoms with Gasteiger partial charge in [-0.2, -0.15) is 0 Å². The number of hydrogen-bond donors (Lipinski definition) is 2. The molecule has 3 nitrogen and oxygen atoms in total. The molecule has 0 saturated heterocycles. The highest BCUT2D eigenvalue weighted by Crippen LogP contribution is 2.10. The highest BCUT2D eigenvalue weighted by molar-refractivity contribution is 5.92. The van der Waals surface area contributed by atoms with Crippen LogP contribution in [0.3, 0.4) is 0 Å². The number of nitrogens with one attached hydrogen (secondary N) is 1. The van der Waals surface area contributed by atoms with Gasteiger partial charge in [0.05, 0.1) is 0 Å². The molecule has 0 saturated carbocycles. The lowest BCUT2D eigenvalue weighted by molar-refractivity contribution is 0.1000. The Balaban J connectivity index is 2.46. The number of nitrogens with two attached hydrogens (primary N) is 1. The van der Waals surface area contributed by atoms with E-state index in [0.717, 1.165) is 13.0 Å². The number of amides is 1. The van der Waals surface area contributed by atoms with Crippen LogP contribution in [0.5, 0.6) is 0 Å². The number of primary amides is 1. The van der Waals surface area contributed by atoms with Gasteiger partial charge in [-0.3, -0.25) is 4.79 Å². The van der Waals surface area contributed by atoms with Crippen LogP contribution in [0.25, 0.3) is 0 Å². The molecule has 0 unspecified atom stereocenters. The first-order valence-electron chi connectivity index (χ1n) is 5.94. The molecule has 0 fully saturated rings. The van der Waals surface area contributed by atoms with Crippen molar-refractivity contribution in [3.63, 3.8) is 0 Å². The molecule has 4 heteroatoms. The van der Waals surface area contributed by atoms with E-state index in [9.17, 15) is 9.18 Å². The van der Waals surface area contributed by atoms with Gasteiger partial charge in [-0.1, -0.05) is 25.8 Å². The smallest absolute Gasteiger partial charge is 0.248 e. The van der Waals surface area contributed by atoms with Gasteiger partial charge in [0.2, 0.25) is 5.91 Å². The van der Waals surface area contributed by atoms with Gasteiger partial charge in [0.15, 0.2) is 0 Å². The third-order valence-electron chi connectivity index (χ3n) is 2.61. The molecular weight excluding hydrogens is 219 g/mol. The van der Waals surface area contributed by atoms with E-state index in [0.29, 0.717) is 12.1 Å². The predicted octanol–water partition coefficient (Wildman–Crippen LogP) is 2.20. The van der Waals surface area contributed by atoms with Crippen LogP contribution in [-0.2, 0) is 6.54 Å². The average Bonchev–Trinajstić information content (AvgIpc) is 2.30. The van der Waals surface area contributed by atoms with Crippen LogP contribution in [0.1, 0.15) is 42.1 Å². The number of benzene rings is 1. The SMILES string of the molecule is CCCCCNCc1ccc(C(N)=O)cc1F. The Morgan fingerprint density at radius 2 is 2.18 bits per heavy atom. The first-order chi connectivity index (χ1) is 8.15. The second kappa shape index (κ2) is 7.01. The Kier molecular flexibility index (Phi) is 5.63. The second-order valence-electron chi connectivity index (χ2n) is 4.05. The van der Waals surface area contributed by atoms with Gasteiger partial charge in [-0.15, -0.1) is 0 Å². The molecular formula is C13H19FN2O. The molecule has 0 aromatic heterocycles. The number of carbonyl (C=O) groups is 1. The van der Waals surface area contributed by atoms with E-state index in [4.69, 9.17) is 5.73 Å². The monoisotopic (exact) mass is 238 g/mol. The average molecular weight is 238 g/mol. The van der Waals surface area contributed by atoms with Crippen molar-refractivity contribution in [2.45, 2.75) is 32.7 Å². The van der Waals surface area contributed by atoms with E-state index in [1.807, 2.05) is 0 Å². The van der Waals surface area contributed by atoms with Crippen molar-refractivity contribution in [1.29, 1.82) is 0 Å². The van der Waals surface area contributed by atoms with Gasteiger partial charge in [-0.05, 0) is 25.1 Å². The van der Waals surface area contributed by atoms with Crippen LogP contribution in [0, 0.1) is 5.82 Å². The molecule has 1 aromatic rings. The standard InChI is InChI=1S/C13H19FN2O/c1-2-3-4-7-16-9-11-6-5-10(13(15)17)8-12(11)14/h5-6,8,16H,2-4,7,9H2,1H3,(H2,15,17). The van der Waals surface area contributed by atoms with Crippen molar-refractivity contribution in [3.05, 3.63) is 35.1 Å². The summed E-state index contributed by atoms with van der Waals surface area (Å²) in [5.41, 5.74) is 5.83. The van der Waals surface area contributed by atoms with Crippen molar-refractivity contribution < 1.29 is 9.18 Å². The lowest BCUT2D eigenvalue weighted by Crippen LogP contribution is -2.16. The summed E-state index contributed by atoms with van der Waals surface area (Å²) >= 11 is 0. The number of rotatable bonds is 7. The Bertz CT molecular complexity index is 380. The molecule has 0 aliphatic rings. The normalized spacial score (nSPS) is 10.5. The Hall–Kier alpha value is -1.42. The van der Waals surface area contributed by atoms with E-state index in [1.165, 1.54) is 18.9 Å². The van der Waals surface area contributed by atoms with Crippen LogP contribution in [0.15, 0.2) is 18.2 Å². The highest BCUT2D eigenvalue weighted by Gasteiger charge is 2.06. The highest BCUT2D eigenvalue weighted by atomic mass is 19.1. The maximum atomic E-state index is 13.5. The zero-order valence-electron chi connectivity index (χ0n) is 10.1. The summed E-state index contributed by atoms with van der Waals surface area (Å²) in [7, 11) is 0. The number of carbonyl (C=O) groups excluding carboxylic acids is 1. The number of unbranched alkanes of at least 4 members (excludes halogenated alkanes) is 2. The minimum Gasteiger partial charge on any atom is -0.366 e. The lowest BCUT2D eigenvalue weighted by atomic mass is 10.1.